The summed E-state index contributed by atoms with van der Waals surface area (Å²) in [4.78, 5) is 39.1. The Morgan fingerprint density at radius 2 is 2.03 bits per heavy atom. The summed E-state index contributed by atoms with van der Waals surface area (Å²) in [6.07, 6.45) is -5.08. The number of ether oxygens (including phenoxy) is 3. The van der Waals surface area contributed by atoms with Crippen molar-refractivity contribution in [3.8, 4) is 5.75 Å². The maximum Gasteiger partial charge on any atom is 0.459 e. The zero-order chi connectivity index (χ0) is 26.8. The first-order chi connectivity index (χ1) is 17.5. The molecule has 0 aliphatic carbocycles. The number of nitrogens with two attached hydrogens (primary N) is 1. The number of nitrogens with one attached hydrogen (secondary N) is 1. The highest BCUT2D eigenvalue weighted by Crippen LogP contribution is 2.49. The molecular weight excluding hydrogens is 521 g/mol. The van der Waals surface area contributed by atoms with Gasteiger partial charge >= 0.3 is 31.3 Å². The number of halogens is 2. The van der Waals surface area contributed by atoms with Crippen LogP contribution < -0.4 is 21.0 Å². The zero-order valence-electron chi connectivity index (χ0n) is 19.3. The van der Waals surface area contributed by atoms with Crippen molar-refractivity contribution in [2.75, 3.05) is 18.9 Å². The highest BCUT2D eigenvalue weighted by molar-refractivity contribution is 7.52. The molecule has 5 atom stereocenters. The highest BCUT2D eigenvalue weighted by atomic mass is 31.2. The van der Waals surface area contributed by atoms with Crippen molar-refractivity contribution < 1.29 is 46.2 Å². The lowest BCUT2D eigenvalue weighted by Gasteiger charge is -2.25. The number of rotatable bonds is 9. The van der Waals surface area contributed by atoms with Crippen LogP contribution in [-0.4, -0.2) is 58.9 Å². The minimum absolute atomic E-state index is 0.0698. The number of nitrogens with zero attached hydrogens (tertiary/aromatic N) is 2. The largest absolute Gasteiger partial charge is 0.464 e. The van der Waals surface area contributed by atoms with Crippen LogP contribution in [0.3, 0.4) is 0 Å². The van der Waals surface area contributed by atoms with Crippen molar-refractivity contribution in [2.45, 2.75) is 43.7 Å². The Labute approximate surface area is 208 Å². The number of carbonyl (C=O) groups is 2. The van der Waals surface area contributed by atoms with Crippen LogP contribution in [-0.2, 0) is 32.9 Å². The van der Waals surface area contributed by atoms with Gasteiger partial charge in [0.05, 0.1) is 13.2 Å². The van der Waals surface area contributed by atoms with E-state index in [1.807, 2.05) is 0 Å². The number of aromatic nitrogens is 2. The highest BCUT2D eigenvalue weighted by Gasteiger charge is 2.62. The number of esters is 2. The van der Waals surface area contributed by atoms with E-state index < -0.39 is 62.4 Å². The van der Waals surface area contributed by atoms with Crippen molar-refractivity contribution in [3.63, 3.8) is 0 Å². The number of cyclic esters (lactones) is 1. The molecule has 2 fully saturated rings. The Kier molecular flexibility index (Phi) is 7.59. The molecule has 1 aromatic heterocycles. The Morgan fingerprint density at radius 1 is 1.30 bits per heavy atom. The van der Waals surface area contributed by atoms with Gasteiger partial charge in [0.25, 0.3) is 0 Å². The standard InChI is InChI=1S/C21H23F2N4O9P/c1-12(28)34-17-15(35-19(21(17,22)23)27-9-7-16(24)25-20(27)30)11-33-37(31,26-14-8-10-32-18(14)29)36-13-5-3-2-4-6-13/h2-7,9,14-15,17,19H,8,10-11H2,1H3,(H,26,31)(H2,24,25,30). The Balaban J connectivity index is 1.59. The van der Waals surface area contributed by atoms with E-state index >= 15 is 8.78 Å². The number of para-hydroxylation sites is 1. The third kappa shape index (κ3) is 5.96. The molecule has 5 unspecified atom stereocenters. The fourth-order valence-corrected chi connectivity index (χ4v) is 5.26. The first kappa shape index (κ1) is 26.7. The summed E-state index contributed by atoms with van der Waals surface area (Å²) in [5.41, 5.74) is 4.29. The predicted octanol–water partition coefficient (Wildman–Crippen LogP) is 1.40. The maximum atomic E-state index is 15.3. The van der Waals surface area contributed by atoms with E-state index in [1.54, 1.807) is 18.2 Å². The third-order valence-electron chi connectivity index (χ3n) is 5.37. The summed E-state index contributed by atoms with van der Waals surface area (Å²) in [7, 11) is -4.40. The molecule has 2 aliphatic heterocycles. The van der Waals surface area contributed by atoms with Gasteiger partial charge in [-0.1, -0.05) is 18.2 Å². The fraction of sp³-hybridized carbons (Fsp3) is 0.429. The summed E-state index contributed by atoms with van der Waals surface area (Å²) in [5.74, 6) is -5.80. The summed E-state index contributed by atoms with van der Waals surface area (Å²) >= 11 is 0. The first-order valence-corrected chi connectivity index (χ1v) is 12.5. The molecule has 13 nitrogen and oxygen atoms in total. The molecule has 0 radical (unpaired) electrons. The van der Waals surface area contributed by atoms with Crippen molar-refractivity contribution in [1.29, 1.82) is 0 Å². The summed E-state index contributed by atoms with van der Waals surface area (Å²) < 4.78 is 70.7. The molecule has 2 aromatic rings. The molecule has 2 saturated heterocycles. The van der Waals surface area contributed by atoms with Crippen LogP contribution in [0.4, 0.5) is 14.6 Å². The molecule has 4 rings (SSSR count). The van der Waals surface area contributed by atoms with E-state index in [1.165, 1.54) is 12.1 Å². The van der Waals surface area contributed by atoms with Gasteiger partial charge in [0, 0.05) is 19.5 Å². The van der Waals surface area contributed by atoms with Gasteiger partial charge in [-0.3, -0.25) is 18.7 Å². The maximum absolute atomic E-state index is 15.3. The molecule has 3 N–H and O–H groups in total. The van der Waals surface area contributed by atoms with Gasteiger partial charge in [-0.25, -0.2) is 9.36 Å². The third-order valence-corrected chi connectivity index (χ3v) is 6.94. The number of hydrogen-bond acceptors (Lipinski definition) is 11. The van der Waals surface area contributed by atoms with Crippen LogP contribution in [0.2, 0.25) is 0 Å². The van der Waals surface area contributed by atoms with E-state index in [0.717, 1.165) is 19.2 Å². The van der Waals surface area contributed by atoms with Crippen LogP contribution >= 0.6 is 7.75 Å². The lowest BCUT2D eigenvalue weighted by molar-refractivity contribution is -0.174. The zero-order valence-corrected chi connectivity index (χ0v) is 20.2. The molecule has 0 saturated carbocycles. The molecule has 200 valence electrons. The Hall–Kier alpha value is -3.39. The molecule has 0 spiro atoms. The van der Waals surface area contributed by atoms with Gasteiger partial charge in [0.1, 0.15) is 23.7 Å². The lowest BCUT2D eigenvalue weighted by atomic mass is 10.1. The molecule has 0 amide bonds. The number of benzene rings is 1. The predicted molar refractivity (Wildman–Crippen MR) is 120 cm³/mol. The van der Waals surface area contributed by atoms with Gasteiger partial charge in [0.15, 0.2) is 6.10 Å². The molecule has 1 aromatic carbocycles. The number of hydrogen-bond donors (Lipinski definition) is 2. The van der Waals surface area contributed by atoms with Crippen molar-refractivity contribution in [1.82, 2.24) is 14.6 Å². The van der Waals surface area contributed by atoms with Gasteiger partial charge in [-0.05, 0) is 18.2 Å². The molecule has 0 bridgehead atoms. The van der Waals surface area contributed by atoms with Crippen LogP contribution in [0.1, 0.15) is 19.6 Å². The smallest absolute Gasteiger partial charge is 0.459 e. The quantitative estimate of drug-likeness (QED) is 0.344. The monoisotopic (exact) mass is 544 g/mol. The number of nitrogen functional groups attached to an aromatic ring is 1. The summed E-state index contributed by atoms with van der Waals surface area (Å²) in [6, 6.07) is 7.84. The van der Waals surface area contributed by atoms with Crippen LogP contribution in [0.5, 0.6) is 5.75 Å². The molecule has 16 heteroatoms. The Bertz CT molecular complexity index is 1260. The van der Waals surface area contributed by atoms with Crippen molar-refractivity contribution >= 4 is 25.5 Å². The SMILES string of the molecule is CC(=O)OC1C(COP(=O)(NC2CCOC2=O)Oc2ccccc2)OC(n2ccc(N)nc2=O)C1(F)F. The average Bonchev–Trinajstić information content (AvgIpc) is 3.33. The second-order valence-electron chi connectivity index (χ2n) is 8.11. The molecular formula is C21H23F2N4O9P. The second-order valence-corrected chi connectivity index (χ2v) is 9.80. The molecule has 37 heavy (non-hydrogen) atoms. The lowest BCUT2D eigenvalue weighted by Crippen LogP contribution is -2.44. The summed E-state index contributed by atoms with van der Waals surface area (Å²) in [5, 5.41) is 2.46. The van der Waals surface area contributed by atoms with Gasteiger partial charge in [0.2, 0.25) is 6.23 Å². The van der Waals surface area contributed by atoms with Gasteiger partial charge in [-0.15, -0.1) is 0 Å². The number of carbonyl (C=O) groups excluding carboxylic acids is 2. The van der Waals surface area contributed by atoms with E-state index in [4.69, 9.17) is 29.0 Å². The van der Waals surface area contributed by atoms with E-state index in [2.05, 4.69) is 10.1 Å². The number of alkyl halides is 2. The van der Waals surface area contributed by atoms with Crippen molar-refractivity contribution in [2.24, 2.45) is 0 Å². The van der Waals surface area contributed by atoms with Gasteiger partial charge < -0.3 is 24.5 Å². The van der Waals surface area contributed by atoms with Crippen LogP contribution in [0.15, 0.2) is 47.4 Å². The fourth-order valence-electron chi connectivity index (χ4n) is 3.72. The summed E-state index contributed by atoms with van der Waals surface area (Å²) in [6.45, 7) is 0.134. The second kappa shape index (κ2) is 10.5. The molecule has 3 heterocycles. The van der Waals surface area contributed by atoms with E-state index in [-0.39, 0.29) is 24.6 Å². The Morgan fingerprint density at radius 3 is 2.65 bits per heavy atom. The van der Waals surface area contributed by atoms with Crippen LogP contribution in [0.25, 0.3) is 0 Å². The normalized spacial score (nSPS) is 26.3. The van der Waals surface area contributed by atoms with E-state index in [0.29, 0.717) is 4.57 Å². The first-order valence-electron chi connectivity index (χ1n) is 11.0. The van der Waals surface area contributed by atoms with E-state index in [9.17, 15) is 18.9 Å². The average molecular weight is 544 g/mol. The van der Waals surface area contributed by atoms with Crippen molar-refractivity contribution in [3.05, 3.63) is 53.1 Å². The van der Waals surface area contributed by atoms with Crippen LogP contribution in [0, 0.1) is 0 Å². The molecule has 2 aliphatic rings. The minimum Gasteiger partial charge on any atom is -0.464 e. The topological polar surface area (TPSA) is 170 Å². The van der Waals surface area contributed by atoms with Gasteiger partial charge in [-0.2, -0.15) is 18.9 Å². The minimum atomic E-state index is -4.40. The number of anilines is 1.